The molecule has 1 aliphatic rings. The average Bonchev–Trinajstić information content (AvgIpc) is 2.82. The van der Waals surface area contributed by atoms with Crippen LogP contribution in [0.1, 0.15) is 19.8 Å². The first-order valence-corrected chi connectivity index (χ1v) is 11.4. The number of hydrogen-bond acceptors (Lipinski definition) is 6. The number of aromatic nitrogens is 2. The summed E-state index contributed by atoms with van der Waals surface area (Å²) in [5.74, 6) is 1.58. The van der Waals surface area contributed by atoms with Gasteiger partial charge in [-0.05, 0) is 56.2 Å². The van der Waals surface area contributed by atoms with E-state index in [1.807, 2.05) is 49.4 Å². The first kappa shape index (κ1) is 21.2. The van der Waals surface area contributed by atoms with Gasteiger partial charge in [-0.3, -0.25) is 4.79 Å². The van der Waals surface area contributed by atoms with Crippen molar-refractivity contribution in [2.75, 3.05) is 29.9 Å². The molecule has 1 fully saturated rings. The van der Waals surface area contributed by atoms with Crippen LogP contribution in [0.3, 0.4) is 0 Å². The predicted molar refractivity (Wildman–Crippen MR) is 124 cm³/mol. The van der Waals surface area contributed by atoms with Crippen LogP contribution in [-0.4, -0.2) is 35.6 Å². The molecule has 6 nitrogen and oxygen atoms in total. The zero-order valence-corrected chi connectivity index (χ0v) is 18.3. The Bertz CT molecular complexity index is 998. The molecule has 1 aromatic heterocycles. The Morgan fingerprint density at radius 1 is 1.13 bits per heavy atom. The highest BCUT2D eigenvalue weighted by Crippen LogP contribution is 2.34. The molecular weight excluding hydrogens is 408 g/mol. The number of carbonyl (C=O) groups excluding carboxylic acids is 1. The molecule has 1 amide bonds. The summed E-state index contributed by atoms with van der Waals surface area (Å²) >= 11 is 1.60. The summed E-state index contributed by atoms with van der Waals surface area (Å²) < 4.78 is 5.46. The summed E-state index contributed by atoms with van der Waals surface area (Å²) in [5.41, 5.74) is 0.783. The van der Waals surface area contributed by atoms with Gasteiger partial charge in [0.15, 0.2) is 5.82 Å². The first-order valence-electron chi connectivity index (χ1n) is 10.6. The first-order chi connectivity index (χ1) is 15.2. The molecule has 0 aliphatic carbocycles. The lowest BCUT2D eigenvalue weighted by atomic mass is 9.97. The van der Waals surface area contributed by atoms with Gasteiger partial charge in [0.1, 0.15) is 10.8 Å². The fourth-order valence-electron chi connectivity index (χ4n) is 3.64. The fourth-order valence-corrected chi connectivity index (χ4v) is 4.54. The molecule has 0 spiro atoms. The summed E-state index contributed by atoms with van der Waals surface area (Å²) in [4.78, 5) is 25.4. The maximum Gasteiger partial charge on any atom is 0.229 e. The van der Waals surface area contributed by atoms with Crippen molar-refractivity contribution in [3.05, 3.63) is 67.0 Å². The van der Waals surface area contributed by atoms with Crippen molar-refractivity contribution in [2.45, 2.75) is 29.7 Å². The molecular formula is C24H26N4O2S. The van der Waals surface area contributed by atoms with Crippen LogP contribution >= 0.6 is 11.8 Å². The lowest BCUT2D eigenvalue weighted by Crippen LogP contribution is -2.41. The average molecular weight is 435 g/mol. The number of carbonyl (C=O) groups is 1. The van der Waals surface area contributed by atoms with E-state index < -0.39 is 0 Å². The van der Waals surface area contributed by atoms with Crippen molar-refractivity contribution in [1.29, 1.82) is 0 Å². The van der Waals surface area contributed by atoms with E-state index in [2.05, 4.69) is 32.3 Å². The zero-order valence-electron chi connectivity index (χ0n) is 17.5. The van der Waals surface area contributed by atoms with Gasteiger partial charge in [0, 0.05) is 36.1 Å². The van der Waals surface area contributed by atoms with E-state index in [9.17, 15) is 4.79 Å². The molecule has 1 atom stereocenters. The second kappa shape index (κ2) is 10.3. The number of rotatable bonds is 7. The van der Waals surface area contributed by atoms with Crippen molar-refractivity contribution in [3.63, 3.8) is 0 Å². The SMILES string of the molecule is CCOc1ccc(NC(=O)C2CCCN(c3nccnc3Sc3ccccc3)C2)cc1. The van der Waals surface area contributed by atoms with Gasteiger partial charge in [-0.1, -0.05) is 30.0 Å². The number of nitrogens with zero attached hydrogens (tertiary/aromatic N) is 3. The van der Waals surface area contributed by atoms with E-state index in [0.717, 1.165) is 46.6 Å². The van der Waals surface area contributed by atoms with Crippen LogP contribution in [0, 0.1) is 5.92 Å². The Kier molecular flexibility index (Phi) is 7.04. The van der Waals surface area contributed by atoms with Crippen LogP contribution in [-0.2, 0) is 4.79 Å². The van der Waals surface area contributed by atoms with E-state index in [0.29, 0.717) is 13.2 Å². The van der Waals surface area contributed by atoms with Crippen LogP contribution in [0.4, 0.5) is 11.5 Å². The van der Waals surface area contributed by atoms with Crippen LogP contribution in [0.25, 0.3) is 0 Å². The lowest BCUT2D eigenvalue weighted by Gasteiger charge is -2.33. The minimum Gasteiger partial charge on any atom is -0.494 e. The predicted octanol–water partition coefficient (Wildman–Crippen LogP) is 4.88. The van der Waals surface area contributed by atoms with Gasteiger partial charge in [0.05, 0.1) is 12.5 Å². The number of amides is 1. The van der Waals surface area contributed by atoms with E-state index in [-0.39, 0.29) is 11.8 Å². The molecule has 1 saturated heterocycles. The second-order valence-electron chi connectivity index (χ2n) is 7.33. The van der Waals surface area contributed by atoms with Crippen LogP contribution < -0.4 is 15.0 Å². The molecule has 2 heterocycles. The third-order valence-electron chi connectivity index (χ3n) is 5.13. The van der Waals surface area contributed by atoms with Gasteiger partial charge in [-0.2, -0.15) is 0 Å². The Morgan fingerprint density at radius 2 is 1.90 bits per heavy atom. The standard InChI is InChI=1S/C24H26N4O2S/c1-2-30-20-12-10-19(11-13-20)27-23(29)18-7-6-16-28(17-18)22-24(26-15-14-25-22)31-21-8-4-3-5-9-21/h3-5,8-15,18H,2,6-7,16-17H2,1H3,(H,27,29). The third kappa shape index (κ3) is 5.55. The van der Waals surface area contributed by atoms with E-state index in [4.69, 9.17) is 4.74 Å². The second-order valence-corrected chi connectivity index (χ2v) is 8.39. The van der Waals surface area contributed by atoms with Crippen molar-refractivity contribution in [2.24, 2.45) is 5.92 Å². The Morgan fingerprint density at radius 3 is 2.68 bits per heavy atom. The number of hydrogen-bond donors (Lipinski definition) is 1. The van der Waals surface area contributed by atoms with Gasteiger partial charge < -0.3 is 15.0 Å². The molecule has 1 N–H and O–H groups in total. The Balaban J connectivity index is 1.43. The number of nitrogens with one attached hydrogen (secondary N) is 1. The molecule has 0 bridgehead atoms. The number of anilines is 2. The topological polar surface area (TPSA) is 67.3 Å². The summed E-state index contributed by atoms with van der Waals surface area (Å²) in [6, 6.07) is 17.7. The number of piperidine rings is 1. The quantitative estimate of drug-likeness (QED) is 0.572. The zero-order chi connectivity index (χ0) is 21.5. The van der Waals surface area contributed by atoms with Crippen molar-refractivity contribution < 1.29 is 9.53 Å². The molecule has 1 unspecified atom stereocenters. The Labute approximate surface area is 187 Å². The van der Waals surface area contributed by atoms with Crippen molar-refractivity contribution >= 4 is 29.2 Å². The monoisotopic (exact) mass is 434 g/mol. The lowest BCUT2D eigenvalue weighted by molar-refractivity contribution is -0.120. The molecule has 31 heavy (non-hydrogen) atoms. The normalized spacial score (nSPS) is 16.0. The van der Waals surface area contributed by atoms with E-state index in [1.165, 1.54) is 0 Å². The van der Waals surface area contributed by atoms with Gasteiger partial charge in [-0.15, -0.1) is 0 Å². The molecule has 2 aromatic carbocycles. The smallest absolute Gasteiger partial charge is 0.229 e. The number of benzene rings is 2. The minimum atomic E-state index is -0.100. The van der Waals surface area contributed by atoms with Crippen molar-refractivity contribution in [1.82, 2.24) is 9.97 Å². The molecule has 7 heteroatoms. The van der Waals surface area contributed by atoms with E-state index >= 15 is 0 Å². The molecule has 160 valence electrons. The summed E-state index contributed by atoms with van der Waals surface area (Å²) in [6.45, 7) is 4.07. The molecule has 3 aromatic rings. The highest BCUT2D eigenvalue weighted by Gasteiger charge is 2.28. The highest BCUT2D eigenvalue weighted by atomic mass is 32.2. The van der Waals surface area contributed by atoms with Crippen molar-refractivity contribution in [3.8, 4) is 5.75 Å². The van der Waals surface area contributed by atoms with Gasteiger partial charge >= 0.3 is 0 Å². The highest BCUT2D eigenvalue weighted by molar-refractivity contribution is 7.99. The summed E-state index contributed by atoms with van der Waals surface area (Å²) in [7, 11) is 0. The Hall–Kier alpha value is -3.06. The van der Waals surface area contributed by atoms with Gasteiger partial charge in [0.25, 0.3) is 0 Å². The molecule has 0 saturated carbocycles. The largest absolute Gasteiger partial charge is 0.494 e. The molecule has 0 radical (unpaired) electrons. The summed E-state index contributed by atoms with van der Waals surface area (Å²) in [6.07, 6.45) is 5.23. The number of ether oxygens (including phenoxy) is 1. The molecule has 4 rings (SSSR count). The van der Waals surface area contributed by atoms with Crippen LogP contribution in [0.2, 0.25) is 0 Å². The fraction of sp³-hybridized carbons (Fsp3) is 0.292. The third-order valence-corrected chi connectivity index (χ3v) is 6.12. The van der Waals surface area contributed by atoms with Gasteiger partial charge in [0.2, 0.25) is 5.91 Å². The van der Waals surface area contributed by atoms with Gasteiger partial charge in [-0.25, -0.2) is 9.97 Å². The van der Waals surface area contributed by atoms with Crippen LogP contribution in [0.15, 0.2) is 76.9 Å². The summed E-state index contributed by atoms with van der Waals surface area (Å²) in [5, 5.41) is 3.91. The van der Waals surface area contributed by atoms with E-state index in [1.54, 1.807) is 24.2 Å². The minimum absolute atomic E-state index is 0.0370. The molecule has 1 aliphatic heterocycles. The maximum absolute atomic E-state index is 12.9. The van der Waals surface area contributed by atoms with Crippen LogP contribution in [0.5, 0.6) is 5.75 Å². The maximum atomic E-state index is 12.9.